The lowest BCUT2D eigenvalue weighted by atomic mass is 9.92. The molecular weight excluding hydrogens is 270 g/mol. The fourth-order valence-electron chi connectivity index (χ4n) is 3.64. The molecule has 114 valence electrons. The number of rotatable bonds is 2. The molecule has 1 aromatic heterocycles. The minimum Gasteiger partial charge on any atom is -0.371 e. The molecule has 0 radical (unpaired) electrons. The van der Waals surface area contributed by atoms with Crippen LogP contribution in [0.2, 0.25) is 0 Å². The zero-order valence-corrected chi connectivity index (χ0v) is 13.0. The Balaban J connectivity index is 1.45. The molecule has 2 aliphatic rings. The Hall–Kier alpha value is -2.03. The van der Waals surface area contributed by atoms with E-state index in [1.54, 1.807) is 0 Å². The highest BCUT2D eigenvalue weighted by Gasteiger charge is 2.23. The molecule has 2 aliphatic heterocycles. The van der Waals surface area contributed by atoms with E-state index in [0.717, 1.165) is 25.5 Å². The van der Waals surface area contributed by atoms with E-state index in [9.17, 15) is 0 Å². The lowest BCUT2D eigenvalue weighted by Crippen LogP contribution is -2.33. The largest absolute Gasteiger partial charge is 0.371 e. The van der Waals surface area contributed by atoms with Crippen LogP contribution < -0.4 is 10.2 Å². The van der Waals surface area contributed by atoms with E-state index in [4.69, 9.17) is 4.98 Å². The van der Waals surface area contributed by atoms with Gasteiger partial charge in [0.15, 0.2) is 0 Å². The fraction of sp³-hybridized carbons (Fsp3) is 0.421. The van der Waals surface area contributed by atoms with Gasteiger partial charge in [0, 0.05) is 36.9 Å². The second-order valence-electron chi connectivity index (χ2n) is 6.37. The number of nitrogens with one attached hydrogen (secondary N) is 1. The topological polar surface area (TPSA) is 28.2 Å². The maximum absolute atomic E-state index is 4.91. The molecule has 0 spiro atoms. The summed E-state index contributed by atoms with van der Waals surface area (Å²) in [4.78, 5) is 7.40. The standard InChI is InChI=1S/C19H23N3/c1-2-6-17(7-3-1)22-13-10-15(11-14-22)18-9-8-16-5-4-12-20-19(16)21-18/h1-3,6-9,15H,4-5,10-14H2,(H,20,21). The number of aromatic nitrogens is 1. The van der Waals surface area contributed by atoms with Crippen molar-refractivity contribution >= 4 is 11.5 Å². The van der Waals surface area contributed by atoms with Crippen LogP contribution in [-0.2, 0) is 6.42 Å². The summed E-state index contributed by atoms with van der Waals surface area (Å²) in [5, 5.41) is 3.46. The molecule has 0 atom stereocenters. The van der Waals surface area contributed by atoms with Gasteiger partial charge in [0.2, 0.25) is 0 Å². The van der Waals surface area contributed by atoms with E-state index in [-0.39, 0.29) is 0 Å². The Morgan fingerprint density at radius 1 is 1.00 bits per heavy atom. The highest BCUT2D eigenvalue weighted by Crippen LogP contribution is 2.31. The Kier molecular flexibility index (Phi) is 3.71. The molecule has 1 aromatic carbocycles. The molecule has 1 saturated heterocycles. The second-order valence-corrected chi connectivity index (χ2v) is 6.37. The van der Waals surface area contributed by atoms with Gasteiger partial charge in [-0.05, 0) is 49.4 Å². The maximum Gasteiger partial charge on any atom is 0.129 e. The van der Waals surface area contributed by atoms with Gasteiger partial charge in [-0.25, -0.2) is 4.98 Å². The molecule has 3 heterocycles. The van der Waals surface area contributed by atoms with Gasteiger partial charge in [0.25, 0.3) is 0 Å². The van der Waals surface area contributed by atoms with Crippen molar-refractivity contribution in [3.8, 4) is 0 Å². The van der Waals surface area contributed by atoms with Crippen molar-refractivity contribution in [2.45, 2.75) is 31.6 Å². The Morgan fingerprint density at radius 3 is 2.64 bits per heavy atom. The van der Waals surface area contributed by atoms with Crippen molar-refractivity contribution in [1.82, 2.24) is 4.98 Å². The van der Waals surface area contributed by atoms with Crippen molar-refractivity contribution in [1.29, 1.82) is 0 Å². The summed E-state index contributed by atoms with van der Waals surface area (Å²) >= 11 is 0. The van der Waals surface area contributed by atoms with E-state index in [0.29, 0.717) is 5.92 Å². The lowest BCUT2D eigenvalue weighted by Gasteiger charge is -2.33. The molecule has 0 amide bonds. The summed E-state index contributed by atoms with van der Waals surface area (Å²) in [5.74, 6) is 1.74. The summed E-state index contributed by atoms with van der Waals surface area (Å²) in [6.07, 6.45) is 4.78. The van der Waals surface area contributed by atoms with Crippen LogP contribution in [0.3, 0.4) is 0 Å². The molecule has 2 aromatic rings. The van der Waals surface area contributed by atoms with Gasteiger partial charge in [-0.3, -0.25) is 0 Å². The number of piperidine rings is 1. The first kappa shape index (κ1) is 13.6. The van der Waals surface area contributed by atoms with Crippen LogP contribution in [0, 0.1) is 0 Å². The normalized spacial score (nSPS) is 18.6. The molecule has 0 aliphatic carbocycles. The number of para-hydroxylation sites is 1. The van der Waals surface area contributed by atoms with Gasteiger partial charge in [0.05, 0.1) is 0 Å². The first-order chi connectivity index (χ1) is 10.9. The zero-order chi connectivity index (χ0) is 14.8. The Bertz CT molecular complexity index is 630. The van der Waals surface area contributed by atoms with Crippen LogP contribution in [0.5, 0.6) is 0 Å². The molecule has 0 unspecified atom stereocenters. The summed E-state index contributed by atoms with van der Waals surface area (Å²) in [6.45, 7) is 3.32. The van der Waals surface area contributed by atoms with Crippen molar-refractivity contribution in [2.75, 3.05) is 29.9 Å². The summed E-state index contributed by atoms with van der Waals surface area (Å²) in [6, 6.07) is 15.3. The van der Waals surface area contributed by atoms with E-state index in [2.05, 4.69) is 52.7 Å². The van der Waals surface area contributed by atoms with Gasteiger partial charge in [0.1, 0.15) is 5.82 Å². The van der Waals surface area contributed by atoms with E-state index < -0.39 is 0 Å². The summed E-state index contributed by atoms with van der Waals surface area (Å²) in [5.41, 5.74) is 4.01. The molecule has 0 saturated carbocycles. The average molecular weight is 293 g/mol. The molecule has 3 nitrogen and oxygen atoms in total. The molecule has 4 rings (SSSR count). The minimum atomic E-state index is 0.606. The number of aryl methyl sites for hydroxylation is 1. The van der Waals surface area contributed by atoms with Crippen LogP contribution in [0.4, 0.5) is 11.5 Å². The number of nitrogens with zero attached hydrogens (tertiary/aromatic N) is 2. The Morgan fingerprint density at radius 2 is 1.82 bits per heavy atom. The SMILES string of the molecule is c1ccc(N2CCC(c3ccc4c(n3)NCCC4)CC2)cc1. The number of pyridine rings is 1. The molecule has 22 heavy (non-hydrogen) atoms. The second kappa shape index (κ2) is 5.99. The minimum absolute atomic E-state index is 0.606. The molecular formula is C19H23N3. The highest BCUT2D eigenvalue weighted by atomic mass is 15.1. The van der Waals surface area contributed by atoms with Crippen molar-refractivity contribution in [3.05, 3.63) is 53.7 Å². The molecule has 1 N–H and O–H groups in total. The van der Waals surface area contributed by atoms with Crippen molar-refractivity contribution in [2.24, 2.45) is 0 Å². The number of fused-ring (bicyclic) bond motifs is 1. The van der Waals surface area contributed by atoms with E-state index in [1.165, 1.54) is 42.6 Å². The predicted octanol–water partition coefficient (Wildman–Crippen LogP) is 3.82. The van der Waals surface area contributed by atoms with Gasteiger partial charge in [-0.2, -0.15) is 0 Å². The number of hydrogen-bond donors (Lipinski definition) is 1. The predicted molar refractivity (Wildman–Crippen MR) is 91.7 cm³/mol. The van der Waals surface area contributed by atoms with Crippen LogP contribution in [0.25, 0.3) is 0 Å². The lowest BCUT2D eigenvalue weighted by molar-refractivity contribution is 0.496. The third-order valence-corrected chi connectivity index (χ3v) is 4.95. The monoisotopic (exact) mass is 293 g/mol. The van der Waals surface area contributed by atoms with Crippen molar-refractivity contribution in [3.63, 3.8) is 0 Å². The maximum atomic E-state index is 4.91. The molecule has 1 fully saturated rings. The third-order valence-electron chi connectivity index (χ3n) is 4.95. The van der Waals surface area contributed by atoms with Crippen LogP contribution in [0.1, 0.15) is 36.4 Å². The number of hydrogen-bond acceptors (Lipinski definition) is 3. The first-order valence-corrected chi connectivity index (χ1v) is 8.44. The van der Waals surface area contributed by atoms with Gasteiger partial charge >= 0.3 is 0 Å². The van der Waals surface area contributed by atoms with Gasteiger partial charge in [-0.1, -0.05) is 24.3 Å². The van der Waals surface area contributed by atoms with E-state index in [1.807, 2.05) is 0 Å². The van der Waals surface area contributed by atoms with Gasteiger partial charge in [-0.15, -0.1) is 0 Å². The van der Waals surface area contributed by atoms with E-state index >= 15 is 0 Å². The first-order valence-electron chi connectivity index (χ1n) is 8.44. The van der Waals surface area contributed by atoms with Crippen LogP contribution in [0.15, 0.2) is 42.5 Å². The quantitative estimate of drug-likeness (QED) is 0.912. The fourth-order valence-corrected chi connectivity index (χ4v) is 3.64. The smallest absolute Gasteiger partial charge is 0.129 e. The summed E-state index contributed by atoms with van der Waals surface area (Å²) < 4.78 is 0. The van der Waals surface area contributed by atoms with Crippen LogP contribution in [-0.4, -0.2) is 24.6 Å². The summed E-state index contributed by atoms with van der Waals surface area (Å²) in [7, 11) is 0. The molecule has 0 bridgehead atoms. The van der Waals surface area contributed by atoms with Crippen LogP contribution >= 0.6 is 0 Å². The molecule has 3 heteroatoms. The third kappa shape index (κ3) is 2.68. The Labute approximate surface area is 132 Å². The van der Waals surface area contributed by atoms with Gasteiger partial charge < -0.3 is 10.2 Å². The number of anilines is 2. The average Bonchev–Trinajstić information content (AvgIpc) is 2.62. The zero-order valence-electron chi connectivity index (χ0n) is 13.0. The van der Waals surface area contributed by atoms with Crippen molar-refractivity contribution < 1.29 is 0 Å². The number of benzene rings is 1. The highest BCUT2D eigenvalue weighted by molar-refractivity contribution is 5.48.